The summed E-state index contributed by atoms with van der Waals surface area (Å²) in [6, 6.07) is 5.60. The van der Waals surface area contributed by atoms with Crippen LogP contribution in [0.25, 0.3) is 0 Å². The first-order valence-electron chi connectivity index (χ1n) is 7.55. The molecule has 2 aliphatic heterocycles. The lowest BCUT2D eigenvalue weighted by atomic mass is 9.97. The highest BCUT2D eigenvalue weighted by atomic mass is 19.1. The average Bonchev–Trinajstić information content (AvgIpc) is 2.78. The van der Waals surface area contributed by atoms with Crippen molar-refractivity contribution in [1.82, 2.24) is 5.32 Å². The van der Waals surface area contributed by atoms with Crippen LogP contribution < -0.4 is 10.2 Å². The van der Waals surface area contributed by atoms with Crippen LogP contribution in [0.3, 0.4) is 0 Å². The zero-order valence-corrected chi connectivity index (χ0v) is 12.1. The molecule has 0 radical (unpaired) electrons. The van der Waals surface area contributed by atoms with E-state index in [0.29, 0.717) is 24.3 Å². The van der Waals surface area contributed by atoms with Crippen molar-refractivity contribution in [3.05, 3.63) is 34.1 Å². The number of nitrogens with one attached hydrogen (secondary N) is 1. The SMILES string of the molecule is CCN(c1cccc(F)c1[N+](=O)[O-])C1CC2CCC(C1)N2. The number of fused-ring (bicyclic) bond motifs is 2. The van der Waals surface area contributed by atoms with Crippen molar-refractivity contribution < 1.29 is 9.31 Å². The molecule has 2 aliphatic rings. The fourth-order valence-corrected chi connectivity index (χ4v) is 3.82. The molecule has 1 aromatic carbocycles. The molecule has 1 aromatic rings. The number of anilines is 1. The molecule has 0 aromatic heterocycles. The Morgan fingerprint density at radius 3 is 2.62 bits per heavy atom. The first-order chi connectivity index (χ1) is 10.1. The van der Waals surface area contributed by atoms with E-state index in [-0.39, 0.29) is 6.04 Å². The molecule has 3 rings (SSSR count). The molecular formula is C15H20FN3O2. The van der Waals surface area contributed by atoms with Crippen LogP contribution in [-0.2, 0) is 0 Å². The Morgan fingerprint density at radius 1 is 1.38 bits per heavy atom. The van der Waals surface area contributed by atoms with Gasteiger partial charge in [0.15, 0.2) is 0 Å². The number of benzene rings is 1. The van der Waals surface area contributed by atoms with Gasteiger partial charge in [0, 0.05) is 24.7 Å². The maximum atomic E-state index is 13.8. The molecule has 6 heteroatoms. The van der Waals surface area contributed by atoms with E-state index in [9.17, 15) is 14.5 Å². The molecule has 2 bridgehead atoms. The van der Waals surface area contributed by atoms with Crippen LogP contribution in [0.2, 0.25) is 0 Å². The quantitative estimate of drug-likeness (QED) is 0.685. The third kappa shape index (κ3) is 2.60. The molecular weight excluding hydrogens is 273 g/mol. The van der Waals surface area contributed by atoms with Crippen molar-refractivity contribution in [1.29, 1.82) is 0 Å². The maximum absolute atomic E-state index is 13.8. The first-order valence-corrected chi connectivity index (χ1v) is 7.55. The zero-order chi connectivity index (χ0) is 15.0. The van der Waals surface area contributed by atoms with E-state index in [1.165, 1.54) is 12.8 Å². The van der Waals surface area contributed by atoms with Crippen molar-refractivity contribution in [2.75, 3.05) is 11.4 Å². The van der Waals surface area contributed by atoms with Crippen molar-refractivity contribution in [2.24, 2.45) is 0 Å². The van der Waals surface area contributed by atoms with E-state index < -0.39 is 16.4 Å². The maximum Gasteiger partial charge on any atom is 0.327 e. The summed E-state index contributed by atoms with van der Waals surface area (Å²) in [5.41, 5.74) is 0.0130. The Bertz CT molecular complexity index is 540. The molecule has 2 atom stereocenters. The standard InChI is InChI=1S/C15H20FN3O2/c1-2-18(12-8-10-6-7-11(9-12)17-10)14-5-3-4-13(16)15(14)19(20)21/h3-5,10-12,17H,2,6-9H2,1H3. The molecule has 2 saturated heterocycles. The van der Waals surface area contributed by atoms with Gasteiger partial charge in [-0.3, -0.25) is 10.1 Å². The predicted molar refractivity (Wildman–Crippen MR) is 79.0 cm³/mol. The van der Waals surface area contributed by atoms with Crippen LogP contribution in [0.4, 0.5) is 15.8 Å². The summed E-state index contributed by atoms with van der Waals surface area (Å²) < 4.78 is 13.8. The molecule has 2 fully saturated rings. The number of halogens is 1. The second-order valence-electron chi connectivity index (χ2n) is 5.91. The highest BCUT2D eigenvalue weighted by Gasteiger charge is 2.37. The van der Waals surface area contributed by atoms with Crippen LogP contribution in [0.5, 0.6) is 0 Å². The number of nitro benzene ring substituents is 1. The van der Waals surface area contributed by atoms with E-state index in [2.05, 4.69) is 5.32 Å². The third-order valence-electron chi connectivity index (χ3n) is 4.69. The molecule has 2 heterocycles. The Kier molecular flexibility index (Phi) is 3.80. The van der Waals surface area contributed by atoms with Gasteiger partial charge in [-0.1, -0.05) is 6.07 Å². The molecule has 0 aliphatic carbocycles. The van der Waals surface area contributed by atoms with Gasteiger partial charge in [0.25, 0.3) is 0 Å². The lowest BCUT2D eigenvalue weighted by molar-refractivity contribution is -0.386. The number of hydrogen-bond acceptors (Lipinski definition) is 4. The summed E-state index contributed by atoms with van der Waals surface area (Å²) >= 11 is 0. The van der Waals surface area contributed by atoms with Gasteiger partial charge in [-0.05, 0) is 44.7 Å². The summed E-state index contributed by atoms with van der Waals surface area (Å²) in [5, 5.41) is 14.8. The predicted octanol–water partition coefficient (Wildman–Crippen LogP) is 2.84. The topological polar surface area (TPSA) is 58.4 Å². The van der Waals surface area contributed by atoms with Gasteiger partial charge in [0.1, 0.15) is 5.69 Å². The largest absolute Gasteiger partial charge is 0.363 e. The molecule has 0 amide bonds. The Morgan fingerprint density at radius 2 is 2.05 bits per heavy atom. The van der Waals surface area contributed by atoms with Crippen molar-refractivity contribution in [2.45, 2.75) is 50.7 Å². The summed E-state index contributed by atoms with van der Waals surface area (Å²) in [7, 11) is 0. The van der Waals surface area contributed by atoms with Gasteiger partial charge in [0.05, 0.1) is 4.92 Å². The summed E-state index contributed by atoms with van der Waals surface area (Å²) in [5.74, 6) is -0.757. The van der Waals surface area contributed by atoms with Crippen molar-refractivity contribution >= 4 is 11.4 Å². The Hall–Kier alpha value is -1.69. The zero-order valence-electron chi connectivity index (χ0n) is 12.1. The highest BCUT2D eigenvalue weighted by molar-refractivity contribution is 5.64. The lowest BCUT2D eigenvalue weighted by Crippen LogP contribution is -2.48. The van der Waals surface area contributed by atoms with Crippen LogP contribution in [0, 0.1) is 15.9 Å². The number of rotatable bonds is 4. The molecule has 1 N–H and O–H groups in total. The molecule has 5 nitrogen and oxygen atoms in total. The van der Waals surface area contributed by atoms with Crippen molar-refractivity contribution in [3.63, 3.8) is 0 Å². The van der Waals surface area contributed by atoms with Gasteiger partial charge in [0.2, 0.25) is 5.82 Å². The van der Waals surface area contributed by atoms with Gasteiger partial charge in [-0.25, -0.2) is 0 Å². The number of piperidine rings is 1. The van der Waals surface area contributed by atoms with Crippen LogP contribution >= 0.6 is 0 Å². The second-order valence-corrected chi connectivity index (χ2v) is 5.91. The summed E-state index contributed by atoms with van der Waals surface area (Å²) in [6.07, 6.45) is 4.28. The normalized spacial score (nSPS) is 27.6. The molecule has 21 heavy (non-hydrogen) atoms. The number of hydrogen-bond donors (Lipinski definition) is 1. The molecule has 0 saturated carbocycles. The van der Waals surface area contributed by atoms with E-state index in [1.54, 1.807) is 12.1 Å². The fourth-order valence-electron chi connectivity index (χ4n) is 3.82. The second kappa shape index (κ2) is 5.60. The van der Waals surface area contributed by atoms with Crippen molar-refractivity contribution in [3.8, 4) is 0 Å². The first kappa shape index (κ1) is 14.3. The molecule has 2 unspecified atom stereocenters. The number of para-hydroxylation sites is 1. The number of nitro groups is 1. The fraction of sp³-hybridized carbons (Fsp3) is 0.600. The minimum absolute atomic E-state index is 0.245. The molecule has 114 valence electrons. The summed E-state index contributed by atoms with van der Waals surface area (Å²) in [4.78, 5) is 12.6. The minimum atomic E-state index is -0.757. The Labute approximate surface area is 123 Å². The summed E-state index contributed by atoms with van der Waals surface area (Å²) in [6.45, 7) is 2.62. The van der Waals surface area contributed by atoms with Crippen LogP contribution in [0.15, 0.2) is 18.2 Å². The van der Waals surface area contributed by atoms with Gasteiger partial charge in [-0.15, -0.1) is 0 Å². The lowest BCUT2D eigenvalue weighted by Gasteiger charge is -2.38. The van der Waals surface area contributed by atoms with Crippen LogP contribution in [0.1, 0.15) is 32.6 Å². The van der Waals surface area contributed by atoms with Gasteiger partial charge >= 0.3 is 5.69 Å². The third-order valence-corrected chi connectivity index (χ3v) is 4.69. The average molecular weight is 293 g/mol. The van der Waals surface area contributed by atoms with Gasteiger partial charge in [-0.2, -0.15) is 4.39 Å². The Balaban J connectivity index is 1.93. The smallest absolute Gasteiger partial charge is 0.327 e. The van der Waals surface area contributed by atoms with E-state index in [4.69, 9.17) is 0 Å². The minimum Gasteiger partial charge on any atom is -0.363 e. The van der Waals surface area contributed by atoms with Gasteiger partial charge < -0.3 is 10.2 Å². The van der Waals surface area contributed by atoms with E-state index in [0.717, 1.165) is 18.9 Å². The number of nitrogens with zero attached hydrogens (tertiary/aromatic N) is 2. The molecule has 0 spiro atoms. The monoisotopic (exact) mass is 293 g/mol. The van der Waals surface area contributed by atoms with Crippen LogP contribution in [-0.4, -0.2) is 29.6 Å². The highest BCUT2D eigenvalue weighted by Crippen LogP contribution is 2.36. The van der Waals surface area contributed by atoms with E-state index in [1.807, 2.05) is 11.8 Å². The van der Waals surface area contributed by atoms with E-state index >= 15 is 0 Å².